The summed E-state index contributed by atoms with van der Waals surface area (Å²) in [5, 5.41) is 6.59. The van der Waals surface area contributed by atoms with E-state index in [0.29, 0.717) is 13.2 Å². The number of nitrogens with one attached hydrogen (secondary N) is 2. The Kier molecular flexibility index (Phi) is 12.4. The minimum atomic E-state index is 0. The number of hydrogen-bond acceptors (Lipinski definition) is 4. The van der Waals surface area contributed by atoms with Crippen LogP contribution < -0.4 is 20.1 Å². The highest BCUT2D eigenvalue weighted by Gasteiger charge is 2.24. The van der Waals surface area contributed by atoms with Crippen LogP contribution in [0.4, 0.5) is 0 Å². The molecule has 0 amide bonds. The molecular formula is C19H34IN3O3. The van der Waals surface area contributed by atoms with E-state index in [4.69, 9.17) is 14.2 Å². The predicted octanol–water partition coefficient (Wildman–Crippen LogP) is 3.31. The van der Waals surface area contributed by atoms with Crippen LogP contribution in [0.2, 0.25) is 0 Å². The van der Waals surface area contributed by atoms with Gasteiger partial charge in [-0.05, 0) is 24.0 Å². The summed E-state index contributed by atoms with van der Waals surface area (Å²) in [5.41, 5.74) is 0.0746. The maximum absolute atomic E-state index is 5.72. The van der Waals surface area contributed by atoms with Crippen molar-refractivity contribution < 1.29 is 14.2 Å². The second-order valence-corrected chi connectivity index (χ2v) is 6.85. The Balaban J connectivity index is 0.00000625. The SMILES string of the molecule is CN=C(NCCCOc1cccc(OC)c1)NCC(OC)C(C)(C)C.I. The van der Waals surface area contributed by atoms with Gasteiger partial charge in [-0.3, -0.25) is 4.99 Å². The summed E-state index contributed by atoms with van der Waals surface area (Å²) in [7, 11) is 5.15. The van der Waals surface area contributed by atoms with Gasteiger partial charge in [0.2, 0.25) is 0 Å². The smallest absolute Gasteiger partial charge is 0.191 e. The van der Waals surface area contributed by atoms with Gasteiger partial charge in [0.1, 0.15) is 11.5 Å². The van der Waals surface area contributed by atoms with Crippen molar-refractivity contribution in [3.63, 3.8) is 0 Å². The molecule has 0 aliphatic heterocycles. The van der Waals surface area contributed by atoms with Crippen LogP contribution in [0.15, 0.2) is 29.3 Å². The monoisotopic (exact) mass is 479 g/mol. The van der Waals surface area contributed by atoms with E-state index in [0.717, 1.165) is 30.4 Å². The standard InChI is InChI=1S/C19H33N3O3.HI/c1-19(2,3)17(24-6)14-22-18(20-4)21-11-8-12-25-16-10-7-9-15(13-16)23-5;/h7,9-10,13,17H,8,11-12,14H2,1-6H3,(H2,20,21,22);1H. The number of ether oxygens (including phenoxy) is 3. The fraction of sp³-hybridized carbons (Fsp3) is 0.632. The predicted molar refractivity (Wildman–Crippen MR) is 118 cm³/mol. The summed E-state index contributed by atoms with van der Waals surface area (Å²) < 4.78 is 16.4. The largest absolute Gasteiger partial charge is 0.497 e. The second kappa shape index (κ2) is 13.0. The maximum Gasteiger partial charge on any atom is 0.191 e. The number of rotatable bonds is 9. The molecule has 26 heavy (non-hydrogen) atoms. The number of benzene rings is 1. The van der Waals surface area contributed by atoms with E-state index in [9.17, 15) is 0 Å². The molecule has 0 aliphatic carbocycles. The molecule has 1 aromatic carbocycles. The first-order valence-electron chi connectivity index (χ1n) is 8.65. The fourth-order valence-electron chi connectivity index (χ4n) is 2.31. The summed E-state index contributed by atoms with van der Waals surface area (Å²) in [6.07, 6.45) is 0.979. The second-order valence-electron chi connectivity index (χ2n) is 6.85. The lowest BCUT2D eigenvalue weighted by Gasteiger charge is -2.30. The lowest BCUT2D eigenvalue weighted by Crippen LogP contribution is -2.45. The fourth-order valence-corrected chi connectivity index (χ4v) is 2.31. The van der Waals surface area contributed by atoms with Crippen molar-refractivity contribution in [3.8, 4) is 11.5 Å². The Morgan fingerprint density at radius 1 is 1.15 bits per heavy atom. The quantitative estimate of drug-likeness (QED) is 0.246. The third-order valence-electron chi connectivity index (χ3n) is 3.85. The molecule has 0 bridgehead atoms. The molecule has 2 N–H and O–H groups in total. The first-order valence-corrected chi connectivity index (χ1v) is 8.65. The Hall–Kier alpha value is -1.22. The van der Waals surface area contributed by atoms with Crippen LogP contribution >= 0.6 is 24.0 Å². The van der Waals surface area contributed by atoms with E-state index in [1.54, 1.807) is 21.3 Å². The van der Waals surface area contributed by atoms with Crippen molar-refractivity contribution in [2.24, 2.45) is 10.4 Å². The minimum Gasteiger partial charge on any atom is -0.497 e. The zero-order chi connectivity index (χ0) is 18.7. The summed E-state index contributed by atoms with van der Waals surface area (Å²) in [5.74, 6) is 2.38. The number of halogens is 1. The molecule has 0 aromatic heterocycles. The van der Waals surface area contributed by atoms with Crippen LogP contribution in [0.1, 0.15) is 27.2 Å². The Morgan fingerprint density at radius 3 is 2.42 bits per heavy atom. The van der Waals surface area contributed by atoms with Gasteiger partial charge in [0.05, 0.1) is 19.8 Å². The van der Waals surface area contributed by atoms with E-state index < -0.39 is 0 Å². The molecular weight excluding hydrogens is 445 g/mol. The van der Waals surface area contributed by atoms with Crippen molar-refractivity contribution in [2.45, 2.75) is 33.3 Å². The van der Waals surface area contributed by atoms with Crippen molar-refractivity contribution in [2.75, 3.05) is 41.0 Å². The normalized spacial score (nSPS) is 12.8. The molecule has 0 spiro atoms. The summed E-state index contributed by atoms with van der Waals surface area (Å²) in [6.45, 7) is 8.59. The van der Waals surface area contributed by atoms with Crippen molar-refractivity contribution in [1.82, 2.24) is 10.6 Å². The summed E-state index contributed by atoms with van der Waals surface area (Å²) >= 11 is 0. The number of methoxy groups -OCH3 is 2. The van der Waals surface area contributed by atoms with Gasteiger partial charge in [-0.25, -0.2) is 0 Å². The molecule has 1 aromatic rings. The van der Waals surface area contributed by atoms with Gasteiger partial charge in [-0.1, -0.05) is 26.8 Å². The molecule has 1 rings (SSSR count). The Bertz CT molecular complexity index is 533. The first-order chi connectivity index (χ1) is 11.9. The zero-order valence-electron chi connectivity index (χ0n) is 16.8. The number of guanidine groups is 1. The van der Waals surface area contributed by atoms with Gasteiger partial charge in [0.25, 0.3) is 0 Å². The molecule has 0 radical (unpaired) electrons. The van der Waals surface area contributed by atoms with Crippen LogP contribution in [0.3, 0.4) is 0 Å². The van der Waals surface area contributed by atoms with Gasteiger partial charge >= 0.3 is 0 Å². The zero-order valence-corrected chi connectivity index (χ0v) is 19.1. The van der Waals surface area contributed by atoms with Gasteiger partial charge in [0, 0.05) is 33.3 Å². The molecule has 6 nitrogen and oxygen atoms in total. The highest BCUT2D eigenvalue weighted by atomic mass is 127. The lowest BCUT2D eigenvalue weighted by molar-refractivity contribution is 0.0205. The van der Waals surface area contributed by atoms with E-state index in [2.05, 4.69) is 36.4 Å². The Morgan fingerprint density at radius 2 is 1.85 bits per heavy atom. The highest BCUT2D eigenvalue weighted by Crippen LogP contribution is 2.21. The van der Waals surface area contributed by atoms with Crippen LogP contribution in [0.25, 0.3) is 0 Å². The summed E-state index contributed by atoms with van der Waals surface area (Å²) in [6, 6.07) is 7.62. The molecule has 0 heterocycles. The van der Waals surface area contributed by atoms with Gasteiger partial charge in [-0.2, -0.15) is 0 Å². The van der Waals surface area contributed by atoms with Crippen LogP contribution in [0, 0.1) is 5.41 Å². The van der Waals surface area contributed by atoms with Crippen LogP contribution in [-0.2, 0) is 4.74 Å². The van der Waals surface area contributed by atoms with Crippen LogP contribution in [-0.4, -0.2) is 53.0 Å². The molecule has 7 heteroatoms. The average Bonchev–Trinajstić information content (AvgIpc) is 2.59. The van der Waals surface area contributed by atoms with Gasteiger partial charge in [-0.15, -0.1) is 24.0 Å². The van der Waals surface area contributed by atoms with E-state index in [-0.39, 0.29) is 35.5 Å². The number of aliphatic imine (C=N–C) groups is 1. The van der Waals surface area contributed by atoms with Gasteiger partial charge < -0.3 is 24.8 Å². The molecule has 0 fully saturated rings. The third kappa shape index (κ3) is 9.47. The lowest BCUT2D eigenvalue weighted by atomic mass is 9.89. The Labute approximate surface area is 175 Å². The maximum atomic E-state index is 5.72. The molecule has 0 saturated carbocycles. The van der Waals surface area contributed by atoms with E-state index in [1.165, 1.54) is 0 Å². The average molecular weight is 479 g/mol. The van der Waals surface area contributed by atoms with Crippen LogP contribution in [0.5, 0.6) is 11.5 Å². The summed E-state index contributed by atoms with van der Waals surface area (Å²) in [4.78, 5) is 4.24. The van der Waals surface area contributed by atoms with Crippen molar-refractivity contribution >= 4 is 29.9 Å². The molecule has 1 unspecified atom stereocenters. The third-order valence-corrected chi connectivity index (χ3v) is 3.85. The number of hydrogen-bond donors (Lipinski definition) is 2. The molecule has 1 atom stereocenters. The minimum absolute atomic E-state index is 0. The van der Waals surface area contributed by atoms with E-state index >= 15 is 0 Å². The molecule has 0 aliphatic rings. The van der Waals surface area contributed by atoms with E-state index in [1.807, 2.05) is 24.3 Å². The van der Waals surface area contributed by atoms with Crippen molar-refractivity contribution in [3.05, 3.63) is 24.3 Å². The molecule has 150 valence electrons. The number of nitrogens with zero attached hydrogens (tertiary/aromatic N) is 1. The topological polar surface area (TPSA) is 64.1 Å². The first kappa shape index (κ1) is 24.8. The van der Waals surface area contributed by atoms with Crippen molar-refractivity contribution in [1.29, 1.82) is 0 Å². The molecule has 0 saturated heterocycles. The van der Waals surface area contributed by atoms with Gasteiger partial charge in [0.15, 0.2) is 5.96 Å². The highest BCUT2D eigenvalue weighted by molar-refractivity contribution is 14.0.